The second-order valence-electron chi connectivity index (χ2n) is 4.28. The maximum absolute atomic E-state index is 11.8. The van der Waals surface area contributed by atoms with Crippen molar-refractivity contribution in [1.82, 2.24) is 4.90 Å². The molecule has 0 unspecified atom stereocenters. The van der Waals surface area contributed by atoms with E-state index in [-0.39, 0.29) is 18.2 Å². The lowest BCUT2D eigenvalue weighted by atomic mass is 10.0. The average molecular weight is 242 g/mol. The summed E-state index contributed by atoms with van der Waals surface area (Å²) in [6.45, 7) is 4.91. The Balaban J connectivity index is 0.00000225. The number of nitrogens with zero attached hydrogens (tertiary/aromatic N) is 1. The molecule has 0 fully saturated rings. The van der Waals surface area contributed by atoms with E-state index in [1.807, 2.05) is 44.1 Å². The van der Waals surface area contributed by atoms with Crippen LogP contribution in [0.4, 0.5) is 0 Å². The molecule has 1 aromatic rings. The molecule has 0 bridgehead atoms. The van der Waals surface area contributed by atoms with Gasteiger partial charge in [0.1, 0.15) is 0 Å². The first kappa shape index (κ1) is 15.1. The summed E-state index contributed by atoms with van der Waals surface area (Å²) in [5.41, 5.74) is 3.25. The van der Waals surface area contributed by atoms with Gasteiger partial charge in [-0.1, -0.05) is 12.1 Å². The summed E-state index contributed by atoms with van der Waals surface area (Å²) in [7, 11) is 3.96. The molecule has 0 aliphatic carbocycles. The highest BCUT2D eigenvalue weighted by Gasteiger charge is 2.06. The van der Waals surface area contributed by atoms with Gasteiger partial charge in [-0.3, -0.25) is 4.79 Å². The van der Waals surface area contributed by atoms with E-state index in [1.54, 1.807) is 0 Å². The third-order valence-corrected chi connectivity index (χ3v) is 2.61. The molecule has 0 heterocycles. The molecule has 1 rings (SSSR count). The zero-order chi connectivity index (χ0) is 11.4. The maximum Gasteiger partial charge on any atom is 0.164 e. The Bertz CT molecular complexity index is 361. The Morgan fingerprint density at radius 3 is 2.31 bits per heavy atom. The molecule has 2 nitrogen and oxygen atoms in total. The van der Waals surface area contributed by atoms with Crippen molar-refractivity contribution in [3.05, 3.63) is 34.9 Å². The largest absolute Gasteiger partial charge is 0.309 e. The lowest BCUT2D eigenvalue weighted by Crippen LogP contribution is -2.16. The Morgan fingerprint density at radius 1 is 1.19 bits per heavy atom. The quantitative estimate of drug-likeness (QED) is 0.756. The van der Waals surface area contributed by atoms with Crippen LogP contribution in [0.3, 0.4) is 0 Å². The van der Waals surface area contributed by atoms with E-state index in [1.165, 1.54) is 11.1 Å². The predicted molar refractivity (Wildman–Crippen MR) is 70.7 cm³/mol. The van der Waals surface area contributed by atoms with Gasteiger partial charge >= 0.3 is 0 Å². The molecular weight excluding hydrogens is 222 g/mol. The van der Waals surface area contributed by atoms with Crippen molar-refractivity contribution in [2.24, 2.45) is 0 Å². The predicted octanol–water partition coefficient (Wildman–Crippen LogP) is 2.86. The lowest BCUT2D eigenvalue weighted by Gasteiger charge is -2.09. The van der Waals surface area contributed by atoms with E-state index in [0.717, 1.165) is 12.1 Å². The number of hydrogen-bond acceptors (Lipinski definition) is 2. The molecule has 16 heavy (non-hydrogen) atoms. The fraction of sp³-hybridized carbons (Fsp3) is 0.462. The van der Waals surface area contributed by atoms with E-state index in [0.29, 0.717) is 6.42 Å². The molecule has 0 amide bonds. The summed E-state index contributed by atoms with van der Waals surface area (Å²) in [6.07, 6.45) is 0.593. The van der Waals surface area contributed by atoms with Gasteiger partial charge in [0.2, 0.25) is 0 Å². The minimum absolute atomic E-state index is 0. The first-order chi connectivity index (χ1) is 7.00. The molecule has 1 aromatic carbocycles. The molecule has 3 heteroatoms. The van der Waals surface area contributed by atoms with Gasteiger partial charge in [0, 0.05) is 18.5 Å². The minimum Gasteiger partial charge on any atom is -0.309 e. The van der Waals surface area contributed by atoms with Crippen LogP contribution in [0.1, 0.15) is 27.9 Å². The Kier molecular flexibility index (Phi) is 6.31. The highest BCUT2D eigenvalue weighted by Crippen LogP contribution is 2.11. The third kappa shape index (κ3) is 4.33. The Hall–Kier alpha value is -0.860. The van der Waals surface area contributed by atoms with Crippen molar-refractivity contribution in [3.63, 3.8) is 0 Å². The fourth-order valence-corrected chi connectivity index (χ4v) is 1.38. The van der Waals surface area contributed by atoms with Gasteiger partial charge in [-0.05, 0) is 45.1 Å². The van der Waals surface area contributed by atoms with Crippen molar-refractivity contribution >= 4 is 18.2 Å². The summed E-state index contributed by atoms with van der Waals surface area (Å²) in [5, 5.41) is 0. The van der Waals surface area contributed by atoms with Crippen molar-refractivity contribution in [2.75, 3.05) is 20.6 Å². The Labute approximate surface area is 104 Å². The van der Waals surface area contributed by atoms with E-state index in [9.17, 15) is 4.79 Å². The van der Waals surface area contributed by atoms with Crippen molar-refractivity contribution in [2.45, 2.75) is 20.3 Å². The molecule has 0 saturated heterocycles. The SMILES string of the molecule is Cc1ccc(C(=O)CCN(C)C)cc1C.Cl. The zero-order valence-corrected chi connectivity index (χ0v) is 11.2. The van der Waals surface area contributed by atoms with Crippen LogP contribution in [0.5, 0.6) is 0 Å². The van der Waals surface area contributed by atoms with Crippen LogP contribution in [0.2, 0.25) is 0 Å². The molecule has 0 aliphatic heterocycles. The van der Waals surface area contributed by atoms with Crippen LogP contribution in [0, 0.1) is 13.8 Å². The van der Waals surface area contributed by atoms with Crippen LogP contribution in [0.15, 0.2) is 18.2 Å². The number of rotatable bonds is 4. The number of ketones is 1. The molecule has 0 aliphatic rings. The van der Waals surface area contributed by atoms with E-state index in [2.05, 4.69) is 6.92 Å². The highest BCUT2D eigenvalue weighted by molar-refractivity contribution is 5.96. The summed E-state index contributed by atoms with van der Waals surface area (Å²) >= 11 is 0. The van der Waals surface area contributed by atoms with Crippen LogP contribution in [-0.4, -0.2) is 31.3 Å². The fourth-order valence-electron chi connectivity index (χ4n) is 1.38. The van der Waals surface area contributed by atoms with E-state index >= 15 is 0 Å². The van der Waals surface area contributed by atoms with Gasteiger partial charge in [-0.25, -0.2) is 0 Å². The van der Waals surface area contributed by atoms with Crippen LogP contribution < -0.4 is 0 Å². The van der Waals surface area contributed by atoms with Gasteiger partial charge in [0.05, 0.1) is 0 Å². The number of benzene rings is 1. The standard InChI is InChI=1S/C13H19NO.ClH/c1-10-5-6-12(9-11(10)2)13(15)7-8-14(3)4;/h5-6,9H,7-8H2,1-4H3;1H. The summed E-state index contributed by atoms with van der Waals surface area (Å²) in [6, 6.07) is 5.91. The van der Waals surface area contributed by atoms with Gasteiger partial charge in [-0.15, -0.1) is 12.4 Å². The molecule has 0 aromatic heterocycles. The smallest absolute Gasteiger partial charge is 0.164 e. The van der Waals surface area contributed by atoms with Crippen molar-refractivity contribution < 1.29 is 4.79 Å². The summed E-state index contributed by atoms with van der Waals surface area (Å²) in [5.74, 6) is 0.229. The van der Waals surface area contributed by atoms with E-state index < -0.39 is 0 Å². The Morgan fingerprint density at radius 2 is 1.81 bits per heavy atom. The van der Waals surface area contributed by atoms with Crippen LogP contribution in [0.25, 0.3) is 0 Å². The highest BCUT2D eigenvalue weighted by atomic mass is 35.5. The first-order valence-electron chi connectivity index (χ1n) is 5.26. The average Bonchev–Trinajstić information content (AvgIpc) is 2.18. The van der Waals surface area contributed by atoms with Crippen molar-refractivity contribution in [3.8, 4) is 0 Å². The van der Waals surface area contributed by atoms with Crippen LogP contribution >= 0.6 is 12.4 Å². The number of hydrogen-bond donors (Lipinski definition) is 0. The van der Waals surface area contributed by atoms with Gasteiger partial charge in [0.15, 0.2) is 5.78 Å². The number of aryl methyl sites for hydroxylation is 2. The van der Waals surface area contributed by atoms with Gasteiger partial charge in [0.25, 0.3) is 0 Å². The first-order valence-corrected chi connectivity index (χ1v) is 5.26. The minimum atomic E-state index is 0. The second-order valence-corrected chi connectivity index (χ2v) is 4.28. The van der Waals surface area contributed by atoms with E-state index in [4.69, 9.17) is 0 Å². The normalized spacial score (nSPS) is 10.1. The zero-order valence-electron chi connectivity index (χ0n) is 10.4. The molecule has 0 saturated carbocycles. The van der Waals surface area contributed by atoms with Crippen molar-refractivity contribution in [1.29, 1.82) is 0 Å². The number of halogens is 1. The number of carbonyl (C=O) groups excluding carboxylic acids is 1. The maximum atomic E-state index is 11.8. The summed E-state index contributed by atoms with van der Waals surface area (Å²) < 4.78 is 0. The van der Waals surface area contributed by atoms with Gasteiger partial charge in [-0.2, -0.15) is 0 Å². The number of carbonyl (C=O) groups is 1. The summed E-state index contributed by atoms with van der Waals surface area (Å²) in [4.78, 5) is 13.8. The topological polar surface area (TPSA) is 20.3 Å². The molecule has 0 N–H and O–H groups in total. The molecular formula is C13H20ClNO. The molecule has 0 atom stereocenters. The van der Waals surface area contributed by atoms with Crippen LogP contribution in [-0.2, 0) is 0 Å². The second kappa shape index (κ2) is 6.66. The van der Waals surface area contributed by atoms with Gasteiger partial charge < -0.3 is 4.90 Å². The lowest BCUT2D eigenvalue weighted by molar-refractivity contribution is 0.0972. The molecule has 0 radical (unpaired) electrons. The molecule has 0 spiro atoms. The molecule has 90 valence electrons. The third-order valence-electron chi connectivity index (χ3n) is 2.61. The number of Topliss-reactive ketones (excluding diaryl/α,β-unsaturated/α-hetero) is 1. The monoisotopic (exact) mass is 241 g/mol.